The van der Waals surface area contributed by atoms with Crippen molar-refractivity contribution in [1.29, 1.82) is 0 Å². The van der Waals surface area contributed by atoms with Crippen molar-refractivity contribution in [1.82, 2.24) is 0 Å². The second kappa shape index (κ2) is 20.1. The number of nitro benzene ring substituents is 1. The van der Waals surface area contributed by atoms with Crippen molar-refractivity contribution in [2.45, 2.75) is 122 Å². The highest BCUT2D eigenvalue weighted by Gasteiger charge is 2.17. The third kappa shape index (κ3) is 13.6. The van der Waals surface area contributed by atoms with Crippen LogP contribution in [0.4, 0.5) is 5.69 Å². The lowest BCUT2D eigenvalue weighted by Crippen LogP contribution is -2.01. The van der Waals surface area contributed by atoms with Crippen LogP contribution >= 0.6 is 0 Å². The van der Waals surface area contributed by atoms with Gasteiger partial charge in [-0.1, -0.05) is 134 Å². The smallest absolute Gasteiger partial charge is 0.335 e. The average molecular weight is 540 g/mol. The van der Waals surface area contributed by atoms with Gasteiger partial charge in [-0.15, -0.1) is 0 Å². The van der Waals surface area contributed by atoms with Crippen LogP contribution in [-0.2, 0) is 0 Å². The molecular weight excluding hydrogens is 490 g/mol. The van der Waals surface area contributed by atoms with Crippen LogP contribution in [0.2, 0.25) is 0 Å². The van der Waals surface area contributed by atoms with Crippen LogP contribution in [0.15, 0.2) is 42.5 Å². The van der Waals surface area contributed by atoms with E-state index in [0.29, 0.717) is 12.2 Å². The van der Waals surface area contributed by atoms with E-state index >= 15 is 0 Å². The molecular formula is C33H49NO5. The van der Waals surface area contributed by atoms with Gasteiger partial charge in [0, 0.05) is 6.07 Å². The van der Waals surface area contributed by atoms with Gasteiger partial charge >= 0.3 is 11.7 Å². The summed E-state index contributed by atoms with van der Waals surface area (Å²) >= 11 is 0. The Balaban J connectivity index is 1.51. The molecule has 6 nitrogen and oxygen atoms in total. The van der Waals surface area contributed by atoms with Crippen LogP contribution in [0.5, 0.6) is 5.75 Å². The predicted octanol–water partition coefficient (Wildman–Crippen LogP) is 10.4. The second-order valence-electron chi connectivity index (χ2n) is 10.7. The van der Waals surface area contributed by atoms with Crippen molar-refractivity contribution in [3.63, 3.8) is 0 Å². The van der Waals surface area contributed by atoms with E-state index in [1.807, 2.05) is 0 Å². The maximum absolute atomic E-state index is 11.6. The molecule has 0 bridgehead atoms. The first kappa shape index (κ1) is 32.3. The first-order valence-corrected chi connectivity index (χ1v) is 15.3. The molecule has 0 aliphatic heterocycles. The van der Waals surface area contributed by atoms with E-state index in [1.165, 1.54) is 121 Å². The standard InChI is InChI=1S/C33H49NO5/c1-2-3-4-5-6-7-8-9-10-11-12-13-14-15-16-17-18-19-26-39-32-25-24-30(27-31(32)34(37)38)28-20-22-29(23-21-28)33(35)36/h20-25,27H,2-19,26H2,1H3,(H,35,36). The molecule has 0 aliphatic carbocycles. The largest absolute Gasteiger partial charge is 0.487 e. The van der Waals surface area contributed by atoms with Gasteiger partial charge in [-0.05, 0) is 35.7 Å². The summed E-state index contributed by atoms with van der Waals surface area (Å²) in [7, 11) is 0. The number of ether oxygens (including phenoxy) is 1. The fourth-order valence-corrected chi connectivity index (χ4v) is 4.95. The molecule has 0 heterocycles. The molecule has 0 fully saturated rings. The van der Waals surface area contributed by atoms with Gasteiger partial charge in [-0.3, -0.25) is 10.1 Å². The number of carboxylic acid groups (broad SMARTS) is 1. The Kier molecular flexibility index (Phi) is 16.6. The molecule has 0 aliphatic rings. The van der Waals surface area contributed by atoms with Gasteiger partial charge in [0.2, 0.25) is 0 Å². The van der Waals surface area contributed by atoms with Crippen LogP contribution in [0, 0.1) is 10.1 Å². The molecule has 0 saturated heterocycles. The third-order valence-electron chi connectivity index (χ3n) is 7.38. The highest BCUT2D eigenvalue weighted by atomic mass is 16.6. The number of aromatic carboxylic acids is 1. The molecule has 0 saturated carbocycles. The number of carboxylic acids is 1. The van der Waals surface area contributed by atoms with Crippen molar-refractivity contribution >= 4 is 11.7 Å². The summed E-state index contributed by atoms with van der Waals surface area (Å²) < 4.78 is 5.75. The van der Waals surface area contributed by atoms with Gasteiger partial charge in [-0.2, -0.15) is 0 Å². The van der Waals surface area contributed by atoms with E-state index in [2.05, 4.69) is 6.92 Å². The van der Waals surface area contributed by atoms with E-state index in [-0.39, 0.29) is 17.0 Å². The summed E-state index contributed by atoms with van der Waals surface area (Å²) in [5.41, 5.74) is 1.48. The van der Waals surface area contributed by atoms with Crippen LogP contribution in [0.3, 0.4) is 0 Å². The minimum absolute atomic E-state index is 0.0720. The predicted molar refractivity (Wildman–Crippen MR) is 160 cm³/mol. The second-order valence-corrected chi connectivity index (χ2v) is 10.7. The number of nitrogens with zero attached hydrogens (tertiary/aromatic N) is 1. The Hall–Kier alpha value is -2.89. The van der Waals surface area contributed by atoms with Crippen LogP contribution in [0.1, 0.15) is 133 Å². The molecule has 2 rings (SSSR count). The highest BCUT2D eigenvalue weighted by Crippen LogP contribution is 2.32. The first-order valence-electron chi connectivity index (χ1n) is 15.3. The molecule has 6 heteroatoms. The number of hydrogen-bond donors (Lipinski definition) is 1. The summed E-state index contributed by atoms with van der Waals surface area (Å²) in [5, 5.41) is 20.6. The summed E-state index contributed by atoms with van der Waals surface area (Å²) in [6.45, 7) is 2.74. The Bertz CT molecular complexity index is 957. The quantitative estimate of drug-likeness (QED) is 0.0861. The zero-order chi connectivity index (χ0) is 28.1. The molecule has 0 amide bonds. The molecule has 39 heavy (non-hydrogen) atoms. The summed E-state index contributed by atoms with van der Waals surface area (Å²) in [6.07, 6.45) is 23.7. The third-order valence-corrected chi connectivity index (χ3v) is 7.38. The summed E-state index contributed by atoms with van der Waals surface area (Å²) in [6, 6.07) is 11.2. The molecule has 0 aromatic heterocycles. The number of nitro groups is 1. The lowest BCUT2D eigenvalue weighted by atomic mass is 10.0. The zero-order valence-corrected chi connectivity index (χ0v) is 24.0. The number of carbonyl (C=O) groups is 1. The maximum Gasteiger partial charge on any atom is 0.335 e. The van der Waals surface area contributed by atoms with E-state index in [9.17, 15) is 14.9 Å². The van der Waals surface area contributed by atoms with Crippen LogP contribution in [0.25, 0.3) is 11.1 Å². The molecule has 1 N–H and O–H groups in total. The molecule has 0 radical (unpaired) electrons. The van der Waals surface area contributed by atoms with Gasteiger partial charge in [0.25, 0.3) is 0 Å². The van der Waals surface area contributed by atoms with E-state index in [4.69, 9.17) is 9.84 Å². The summed E-state index contributed by atoms with van der Waals surface area (Å²) in [4.78, 5) is 22.2. The molecule has 216 valence electrons. The van der Waals surface area contributed by atoms with Crippen LogP contribution in [-0.4, -0.2) is 22.6 Å². The fourth-order valence-electron chi connectivity index (χ4n) is 4.95. The number of rotatable bonds is 23. The van der Waals surface area contributed by atoms with Gasteiger partial charge < -0.3 is 9.84 Å². The van der Waals surface area contributed by atoms with Gasteiger partial charge in [0.1, 0.15) is 0 Å². The number of unbranched alkanes of at least 4 members (excludes halogenated alkanes) is 17. The van der Waals surface area contributed by atoms with Crippen molar-refractivity contribution in [3.8, 4) is 16.9 Å². The zero-order valence-electron chi connectivity index (χ0n) is 24.0. The van der Waals surface area contributed by atoms with Gasteiger partial charge in [0.05, 0.1) is 17.1 Å². The fraction of sp³-hybridized carbons (Fsp3) is 0.606. The lowest BCUT2D eigenvalue weighted by molar-refractivity contribution is -0.385. The summed E-state index contributed by atoms with van der Waals surface area (Å²) in [5.74, 6) is -0.728. The number of hydrogen-bond acceptors (Lipinski definition) is 4. The normalized spacial score (nSPS) is 11.0. The molecule has 2 aromatic rings. The lowest BCUT2D eigenvalue weighted by Gasteiger charge is -2.09. The minimum Gasteiger partial charge on any atom is -0.487 e. The number of benzene rings is 2. The Morgan fingerprint density at radius 2 is 1.13 bits per heavy atom. The van der Waals surface area contributed by atoms with Gasteiger partial charge in [0.15, 0.2) is 5.75 Å². The van der Waals surface area contributed by atoms with E-state index < -0.39 is 10.9 Å². The van der Waals surface area contributed by atoms with Crippen molar-refractivity contribution in [2.24, 2.45) is 0 Å². The highest BCUT2D eigenvalue weighted by molar-refractivity contribution is 5.88. The molecule has 0 unspecified atom stereocenters. The molecule has 0 spiro atoms. The SMILES string of the molecule is CCCCCCCCCCCCCCCCCCCCOc1ccc(-c2ccc(C(=O)O)cc2)cc1[N+](=O)[O-]. The minimum atomic E-state index is -1.00. The van der Waals surface area contributed by atoms with Crippen molar-refractivity contribution in [3.05, 3.63) is 58.1 Å². The topological polar surface area (TPSA) is 89.7 Å². The molecule has 2 aromatic carbocycles. The Morgan fingerprint density at radius 1 is 0.692 bits per heavy atom. The van der Waals surface area contributed by atoms with E-state index in [0.717, 1.165) is 18.4 Å². The Labute approximate surface area is 235 Å². The van der Waals surface area contributed by atoms with Gasteiger partial charge in [-0.25, -0.2) is 4.79 Å². The van der Waals surface area contributed by atoms with E-state index in [1.54, 1.807) is 24.3 Å². The average Bonchev–Trinajstić information content (AvgIpc) is 2.94. The van der Waals surface area contributed by atoms with Crippen molar-refractivity contribution < 1.29 is 19.6 Å². The maximum atomic E-state index is 11.6. The molecule has 0 atom stereocenters. The van der Waals surface area contributed by atoms with Crippen molar-refractivity contribution in [2.75, 3.05) is 6.61 Å². The Morgan fingerprint density at radius 3 is 1.56 bits per heavy atom. The van der Waals surface area contributed by atoms with Crippen LogP contribution < -0.4 is 4.74 Å². The first-order chi connectivity index (χ1) is 19.0. The monoisotopic (exact) mass is 539 g/mol.